The van der Waals surface area contributed by atoms with Gasteiger partial charge in [0, 0.05) is 28.5 Å². The normalized spacial score (nSPS) is 11.5. The fraction of sp³-hybridized carbons (Fsp3) is 0.188. The van der Waals surface area contributed by atoms with Crippen molar-refractivity contribution < 1.29 is 5.21 Å². The number of nitrogens with zero attached hydrogens (tertiary/aromatic N) is 2. The summed E-state index contributed by atoms with van der Waals surface area (Å²) < 4.78 is 0.785. The highest BCUT2D eigenvalue weighted by molar-refractivity contribution is 9.10. The van der Waals surface area contributed by atoms with Crippen molar-refractivity contribution in [1.29, 1.82) is 0 Å². The Labute approximate surface area is 133 Å². The second-order valence-electron chi connectivity index (χ2n) is 4.73. The predicted octanol–water partition coefficient (Wildman–Crippen LogP) is 3.87. The lowest BCUT2D eigenvalue weighted by Crippen LogP contribution is -2.15. The van der Waals surface area contributed by atoms with E-state index in [2.05, 4.69) is 57.2 Å². The number of nitrogens with two attached hydrogens (primary N) is 1. The zero-order valence-corrected chi connectivity index (χ0v) is 13.6. The lowest BCUT2D eigenvalue weighted by atomic mass is 10.1. The van der Waals surface area contributed by atoms with E-state index in [-0.39, 0.29) is 5.84 Å². The van der Waals surface area contributed by atoms with Crippen LogP contribution in [-0.4, -0.2) is 18.1 Å². The molecule has 5 heteroatoms. The van der Waals surface area contributed by atoms with Crippen LogP contribution in [-0.2, 0) is 6.42 Å². The summed E-state index contributed by atoms with van der Waals surface area (Å²) in [5, 5.41) is 11.8. The van der Waals surface area contributed by atoms with Crippen molar-refractivity contribution in [1.82, 2.24) is 0 Å². The molecule has 0 saturated heterocycles. The first-order chi connectivity index (χ1) is 10.1. The summed E-state index contributed by atoms with van der Waals surface area (Å²) >= 11 is 3.45. The molecule has 110 valence electrons. The lowest BCUT2D eigenvalue weighted by molar-refractivity contribution is 0.318. The van der Waals surface area contributed by atoms with E-state index in [0.717, 1.165) is 22.3 Å². The van der Waals surface area contributed by atoms with Gasteiger partial charge in [-0.05, 0) is 58.2 Å². The maximum atomic E-state index is 8.75. The smallest absolute Gasteiger partial charge is 0.171 e. The Morgan fingerprint density at radius 2 is 1.81 bits per heavy atom. The van der Waals surface area contributed by atoms with Gasteiger partial charge in [-0.1, -0.05) is 24.2 Å². The molecular weight excluding hydrogens is 330 g/mol. The molecule has 2 rings (SSSR count). The Morgan fingerprint density at radius 3 is 2.33 bits per heavy atom. The minimum atomic E-state index is 0.0865. The Balaban J connectivity index is 2.30. The van der Waals surface area contributed by atoms with Crippen molar-refractivity contribution in [3.8, 4) is 0 Å². The zero-order chi connectivity index (χ0) is 15.4. The topological polar surface area (TPSA) is 61.8 Å². The first-order valence-corrected chi connectivity index (χ1v) is 7.46. The highest BCUT2D eigenvalue weighted by atomic mass is 79.9. The molecule has 3 N–H and O–H groups in total. The number of halogens is 1. The van der Waals surface area contributed by atoms with Gasteiger partial charge in [-0.2, -0.15) is 0 Å². The van der Waals surface area contributed by atoms with Crippen LogP contribution in [0, 0.1) is 0 Å². The van der Waals surface area contributed by atoms with Gasteiger partial charge in [0.1, 0.15) is 0 Å². The first kappa shape index (κ1) is 15.4. The van der Waals surface area contributed by atoms with Gasteiger partial charge in [0.05, 0.1) is 0 Å². The Bertz CT molecular complexity index is 653. The Hall–Kier alpha value is -2.01. The highest BCUT2D eigenvalue weighted by Gasteiger charge is 2.09. The van der Waals surface area contributed by atoms with Gasteiger partial charge in [0.15, 0.2) is 5.84 Å². The van der Waals surface area contributed by atoms with Gasteiger partial charge < -0.3 is 15.8 Å². The van der Waals surface area contributed by atoms with Crippen molar-refractivity contribution >= 4 is 33.1 Å². The van der Waals surface area contributed by atoms with Crippen LogP contribution >= 0.6 is 15.9 Å². The largest absolute Gasteiger partial charge is 0.409 e. The van der Waals surface area contributed by atoms with Crippen molar-refractivity contribution in [3.63, 3.8) is 0 Å². The minimum Gasteiger partial charge on any atom is -0.409 e. The molecule has 0 saturated carbocycles. The summed E-state index contributed by atoms with van der Waals surface area (Å²) in [5.41, 5.74) is 9.72. The molecule has 0 aromatic heterocycles. The molecule has 0 spiro atoms. The van der Waals surface area contributed by atoms with E-state index in [9.17, 15) is 0 Å². The van der Waals surface area contributed by atoms with Gasteiger partial charge in [-0.25, -0.2) is 0 Å². The molecule has 0 aliphatic rings. The summed E-state index contributed by atoms with van der Waals surface area (Å²) in [6, 6.07) is 14.2. The lowest BCUT2D eigenvalue weighted by Gasteiger charge is -2.20. The van der Waals surface area contributed by atoms with Crippen LogP contribution in [0.5, 0.6) is 0 Å². The number of aryl methyl sites for hydroxylation is 1. The number of oxime groups is 1. The summed E-state index contributed by atoms with van der Waals surface area (Å²) in [4.78, 5) is 2.08. The molecule has 0 aliphatic heterocycles. The average molecular weight is 348 g/mol. The third-order valence-electron chi connectivity index (χ3n) is 3.46. The molecule has 2 aromatic rings. The van der Waals surface area contributed by atoms with E-state index in [0.29, 0.717) is 5.56 Å². The van der Waals surface area contributed by atoms with Gasteiger partial charge in [0.25, 0.3) is 0 Å². The predicted molar refractivity (Wildman–Crippen MR) is 90.5 cm³/mol. The van der Waals surface area contributed by atoms with E-state index in [1.165, 1.54) is 5.56 Å². The average Bonchev–Trinajstić information content (AvgIpc) is 2.53. The maximum absolute atomic E-state index is 8.75. The Kier molecular flexibility index (Phi) is 4.85. The van der Waals surface area contributed by atoms with Crippen molar-refractivity contribution in [2.45, 2.75) is 13.3 Å². The molecule has 0 unspecified atom stereocenters. The number of anilines is 2. The van der Waals surface area contributed by atoms with E-state index in [4.69, 9.17) is 10.9 Å². The van der Waals surface area contributed by atoms with E-state index in [1.807, 2.05) is 25.2 Å². The van der Waals surface area contributed by atoms with Gasteiger partial charge >= 0.3 is 0 Å². The number of amidine groups is 1. The monoisotopic (exact) mass is 347 g/mol. The molecule has 0 heterocycles. The Morgan fingerprint density at radius 1 is 1.19 bits per heavy atom. The first-order valence-electron chi connectivity index (χ1n) is 6.67. The third-order valence-corrected chi connectivity index (χ3v) is 4.11. The summed E-state index contributed by atoms with van der Waals surface area (Å²) in [7, 11) is 2.01. The number of hydrogen-bond donors (Lipinski definition) is 2. The fourth-order valence-electron chi connectivity index (χ4n) is 2.08. The summed E-state index contributed by atoms with van der Waals surface area (Å²) in [6.45, 7) is 2.14. The van der Waals surface area contributed by atoms with E-state index >= 15 is 0 Å². The minimum absolute atomic E-state index is 0.0865. The summed E-state index contributed by atoms with van der Waals surface area (Å²) in [5.74, 6) is 0.0865. The second kappa shape index (κ2) is 6.63. The van der Waals surface area contributed by atoms with Gasteiger partial charge in [-0.15, -0.1) is 0 Å². The van der Waals surface area contributed by atoms with Crippen LogP contribution in [0.3, 0.4) is 0 Å². The summed E-state index contributed by atoms with van der Waals surface area (Å²) in [6.07, 6.45) is 1.03. The zero-order valence-electron chi connectivity index (χ0n) is 12.0. The SMILES string of the molecule is CCc1ccc(N(C)c2ccc(/C(N)=N/O)c(Br)c2)cc1. The molecule has 2 aromatic carbocycles. The molecule has 0 fully saturated rings. The quantitative estimate of drug-likeness (QED) is 0.382. The standard InChI is InChI=1S/C16H18BrN3O/c1-3-11-4-6-12(7-5-11)20(2)13-8-9-14(15(17)10-13)16(18)19-21/h4-10,21H,3H2,1-2H3,(H2,18,19). The van der Waals surface area contributed by atoms with Crippen LogP contribution in [0.15, 0.2) is 52.1 Å². The molecule has 0 radical (unpaired) electrons. The van der Waals surface area contributed by atoms with Crippen molar-refractivity contribution in [2.24, 2.45) is 10.9 Å². The molecule has 0 atom stereocenters. The van der Waals surface area contributed by atoms with Crippen LogP contribution in [0.2, 0.25) is 0 Å². The number of hydrogen-bond acceptors (Lipinski definition) is 3. The molecule has 0 bridgehead atoms. The van der Waals surface area contributed by atoms with Crippen molar-refractivity contribution in [3.05, 3.63) is 58.1 Å². The van der Waals surface area contributed by atoms with Crippen LogP contribution in [0.4, 0.5) is 11.4 Å². The maximum Gasteiger partial charge on any atom is 0.171 e. The van der Waals surface area contributed by atoms with E-state index in [1.54, 1.807) is 0 Å². The second-order valence-corrected chi connectivity index (χ2v) is 5.58. The van der Waals surface area contributed by atoms with E-state index < -0.39 is 0 Å². The molecule has 4 nitrogen and oxygen atoms in total. The van der Waals surface area contributed by atoms with Crippen LogP contribution in [0.25, 0.3) is 0 Å². The third kappa shape index (κ3) is 3.36. The van der Waals surface area contributed by atoms with Crippen molar-refractivity contribution in [2.75, 3.05) is 11.9 Å². The molecular formula is C16H18BrN3O. The molecule has 21 heavy (non-hydrogen) atoms. The highest BCUT2D eigenvalue weighted by Crippen LogP contribution is 2.28. The fourth-order valence-corrected chi connectivity index (χ4v) is 2.65. The number of rotatable bonds is 4. The molecule has 0 aliphatic carbocycles. The van der Waals surface area contributed by atoms with Gasteiger partial charge in [0.2, 0.25) is 0 Å². The number of benzene rings is 2. The van der Waals surface area contributed by atoms with Crippen LogP contribution in [0.1, 0.15) is 18.1 Å². The van der Waals surface area contributed by atoms with Gasteiger partial charge in [-0.3, -0.25) is 0 Å². The molecule has 0 amide bonds. The van der Waals surface area contributed by atoms with Crippen LogP contribution < -0.4 is 10.6 Å².